The predicted octanol–water partition coefficient (Wildman–Crippen LogP) is 3.00. The monoisotopic (exact) mass is 282 g/mol. The van der Waals surface area contributed by atoms with Crippen LogP contribution in [0.15, 0.2) is 22.7 Å². The molecule has 1 atom stereocenters. The Balaban J connectivity index is 2.53. The first-order chi connectivity index (χ1) is 7.50. The van der Waals surface area contributed by atoms with E-state index < -0.39 is 0 Å². The fourth-order valence-corrected chi connectivity index (χ4v) is 2.47. The molecule has 1 aliphatic rings. The van der Waals surface area contributed by atoms with Gasteiger partial charge in [-0.15, -0.1) is 0 Å². The maximum atomic E-state index is 11.8. The van der Waals surface area contributed by atoms with E-state index in [1.807, 2.05) is 25.1 Å². The van der Waals surface area contributed by atoms with Gasteiger partial charge < -0.3 is 10.2 Å². The van der Waals surface area contributed by atoms with Crippen molar-refractivity contribution >= 4 is 33.2 Å². The lowest BCUT2D eigenvalue weighted by Gasteiger charge is -2.39. The quantitative estimate of drug-likeness (QED) is 0.859. The molecular weight excluding hydrogens is 268 g/mol. The van der Waals surface area contributed by atoms with Gasteiger partial charge in [0, 0.05) is 10.5 Å². The summed E-state index contributed by atoms with van der Waals surface area (Å²) in [5.41, 5.74) is 1.97. The molecular formula is C12H15BrN2O. The zero-order valence-corrected chi connectivity index (χ0v) is 11.2. The number of hydrogen-bond donors (Lipinski definition) is 1. The molecule has 1 N–H and O–H groups in total. The summed E-state index contributed by atoms with van der Waals surface area (Å²) < 4.78 is 1.03. The number of hydrogen-bond acceptors (Lipinski definition) is 2. The summed E-state index contributed by atoms with van der Waals surface area (Å²) in [6, 6.07) is 6.09. The number of halogens is 1. The van der Waals surface area contributed by atoms with Gasteiger partial charge in [0.2, 0.25) is 5.91 Å². The van der Waals surface area contributed by atoms with Gasteiger partial charge in [-0.05, 0) is 39.0 Å². The number of benzene rings is 1. The highest BCUT2D eigenvalue weighted by Crippen LogP contribution is 2.35. The van der Waals surface area contributed by atoms with Crippen LogP contribution >= 0.6 is 15.9 Å². The summed E-state index contributed by atoms with van der Waals surface area (Å²) in [4.78, 5) is 13.9. The van der Waals surface area contributed by atoms with E-state index in [0.29, 0.717) is 6.04 Å². The van der Waals surface area contributed by atoms with Crippen LogP contribution in [0.5, 0.6) is 0 Å². The molecule has 0 saturated carbocycles. The summed E-state index contributed by atoms with van der Waals surface area (Å²) in [5, 5.41) is 2.92. The normalized spacial score (nSPS) is 19.7. The summed E-state index contributed by atoms with van der Waals surface area (Å²) in [6.07, 6.45) is 0. The minimum atomic E-state index is -0.123. The highest BCUT2D eigenvalue weighted by Gasteiger charge is 2.30. The lowest BCUT2D eigenvalue weighted by molar-refractivity contribution is -0.117. The van der Waals surface area contributed by atoms with E-state index in [1.165, 1.54) is 0 Å². The molecule has 86 valence electrons. The van der Waals surface area contributed by atoms with Crippen LogP contribution in [0.25, 0.3) is 0 Å². The van der Waals surface area contributed by atoms with E-state index >= 15 is 0 Å². The van der Waals surface area contributed by atoms with E-state index in [0.717, 1.165) is 15.8 Å². The Hall–Kier alpha value is -1.03. The Kier molecular flexibility index (Phi) is 2.93. The molecule has 1 amide bonds. The number of fused-ring (bicyclic) bond motifs is 1. The zero-order chi connectivity index (χ0) is 11.9. The van der Waals surface area contributed by atoms with E-state index in [2.05, 4.69) is 40.0 Å². The minimum Gasteiger partial charge on any atom is -0.356 e. The van der Waals surface area contributed by atoms with Crippen LogP contribution in [0.2, 0.25) is 0 Å². The molecule has 0 radical (unpaired) electrons. The number of rotatable bonds is 1. The summed E-state index contributed by atoms with van der Waals surface area (Å²) >= 11 is 3.46. The van der Waals surface area contributed by atoms with Crippen molar-refractivity contribution in [3.8, 4) is 0 Å². The second kappa shape index (κ2) is 4.09. The lowest BCUT2D eigenvalue weighted by atomic mass is 10.1. The molecule has 1 unspecified atom stereocenters. The number of carbonyl (C=O) groups is 1. The molecule has 1 aromatic carbocycles. The molecule has 0 aliphatic carbocycles. The first-order valence-electron chi connectivity index (χ1n) is 5.39. The molecule has 16 heavy (non-hydrogen) atoms. The Morgan fingerprint density at radius 2 is 2.12 bits per heavy atom. The average molecular weight is 283 g/mol. The number of nitrogens with zero attached hydrogens (tertiary/aromatic N) is 1. The van der Waals surface area contributed by atoms with Crippen molar-refractivity contribution < 1.29 is 4.79 Å². The molecule has 0 saturated heterocycles. The lowest BCUT2D eigenvalue weighted by Crippen LogP contribution is -2.49. The molecule has 3 nitrogen and oxygen atoms in total. The van der Waals surface area contributed by atoms with Gasteiger partial charge in [0.1, 0.15) is 6.04 Å². The van der Waals surface area contributed by atoms with E-state index in [1.54, 1.807) is 0 Å². The van der Waals surface area contributed by atoms with Crippen LogP contribution in [0.1, 0.15) is 20.8 Å². The zero-order valence-electron chi connectivity index (χ0n) is 9.62. The second-order valence-electron chi connectivity index (χ2n) is 4.33. The first-order valence-corrected chi connectivity index (χ1v) is 6.18. The summed E-state index contributed by atoms with van der Waals surface area (Å²) in [6.45, 7) is 6.12. The molecule has 0 bridgehead atoms. The van der Waals surface area contributed by atoms with Crippen molar-refractivity contribution in [2.45, 2.75) is 32.9 Å². The van der Waals surface area contributed by atoms with Crippen molar-refractivity contribution in [2.24, 2.45) is 0 Å². The van der Waals surface area contributed by atoms with Crippen LogP contribution in [0.3, 0.4) is 0 Å². The largest absolute Gasteiger partial charge is 0.356 e. The van der Waals surface area contributed by atoms with Gasteiger partial charge in [-0.1, -0.05) is 15.9 Å². The highest BCUT2D eigenvalue weighted by atomic mass is 79.9. The van der Waals surface area contributed by atoms with Crippen molar-refractivity contribution in [3.63, 3.8) is 0 Å². The molecule has 0 spiro atoms. The van der Waals surface area contributed by atoms with Crippen molar-refractivity contribution in [3.05, 3.63) is 22.7 Å². The minimum absolute atomic E-state index is 0.0588. The van der Waals surface area contributed by atoms with Crippen LogP contribution < -0.4 is 10.2 Å². The number of amides is 1. The molecule has 1 heterocycles. The highest BCUT2D eigenvalue weighted by molar-refractivity contribution is 9.10. The third kappa shape index (κ3) is 1.82. The SMILES string of the molecule is CC(C)N1c2cc(Br)ccc2NC(=O)C1C. The Labute approximate surface area is 104 Å². The van der Waals surface area contributed by atoms with Crippen molar-refractivity contribution in [2.75, 3.05) is 10.2 Å². The topological polar surface area (TPSA) is 32.3 Å². The van der Waals surface area contributed by atoms with Crippen LogP contribution in [0, 0.1) is 0 Å². The Bertz CT molecular complexity index is 431. The standard InChI is InChI=1S/C12H15BrN2O/c1-7(2)15-8(3)12(16)14-10-5-4-9(13)6-11(10)15/h4-8H,1-3H3,(H,14,16). The summed E-state index contributed by atoms with van der Waals surface area (Å²) in [5.74, 6) is 0.0588. The second-order valence-corrected chi connectivity index (χ2v) is 5.24. The van der Waals surface area contributed by atoms with E-state index in [4.69, 9.17) is 0 Å². The third-order valence-electron chi connectivity index (χ3n) is 2.85. The maximum absolute atomic E-state index is 11.8. The predicted molar refractivity (Wildman–Crippen MR) is 69.8 cm³/mol. The molecule has 1 aliphatic heterocycles. The smallest absolute Gasteiger partial charge is 0.246 e. The van der Waals surface area contributed by atoms with Gasteiger partial charge in [0.25, 0.3) is 0 Å². The van der Waals surface area contributed by atoms with E-state index in [9.17, 15) is 4.79 Å². The third-order valence-corrected chi connectivity index (χ3v) is 3.34. The van der Waals surface area contributed by atoms with Gasteiger partial charge in [-0.3, -0.25) is 4.79 Å². The molecule has 2 rings (SSSR count). The molecule has 1 aromatic rings. The Morgan fingerprint density at radius 3 is 2.75 bits per heavy atom. The van der Waals surface area contributed by atoms with Crippen molar-refractivity contribution in [1.82, 2.24) is 0 Å². The van der Waals surface area contributed by atoms with Crippen LogP contribution in [-0.4, -0.2) is 18.0 Å². The average Bonchev–Trinajstić information content (AvgIpc) is 2.20. The Morgan fingerprint density at radius 1 is 1.44 bits per heavy atom. The van der Waals surface area contributed by atoms with Crippen LogP contribution in [0.4, 0.5) is 11.4 Å². The van der Waals surface area contributed by atoms with E-state index in [-0.39, 0.29) is 11.9 Å². The van der Waals surface area contributed by atoms with Crippen molar-refractivity contribution in [1.29, 1.82) is 0 Å². The van der Waals surface area contributed by atoms with Gasteiger partial charge in [-0.25, -0.2) is 0 Å². The number of anilines is 2. The van der Waals surface area contributed by atoms with Gasteiger partial charge in [0.15, 0.2) is 0 Å². The number of carbonyl (C=O) groups excluding carboxylic acids is 1. The van der Waals surface area contributed by atoms with Crippen LogP contribution in [-0.2, 0) is 4.79 Å². The number of nitrogens with one attached hydrogen (secondary N) is 1. The summed E-state index contributed by atoms with van der Waals surface area (Å²) in [7, 11) is 0. The fourth-order valence-electron chi connectivity index (χ4n) is 2.12. The molecule has 0 fully saturated rings. The maximum Gasteiger partial charge on any atom is 0.246 e. The molecule has 0 aromatic heterocycles. The first kappa shape index (κ1) is 11.5. The fraction of sp³-hybridized carbons (Fsp3) is 0.417. The van der Waals surface area contributed by atoms with Gasteiger partial charge in [0.05, 0.1) is 11.4 Å². The van der Waals surface area contributed by atoms with Gasteiger partial charge >= 0.3 is 0 Å². The van der Waals surface area contributed by atoms with Gasteiger partial charge in [-0.2, -0.15) is 0 Å². The molecule has 4 heteroatoms.